The van der Waals surface area contributed by atoms with Crippen LogP contribution >= 0.6 is 11.3 Å². The Morgan fingerprint density at radius 3 is 2.55 bits per heavy atom. The Balaban J connectivity index is 1.83. The Hall–Kier alpha value is -1.60. The van der Waals surface area contributed by atoms with Crippen LogP contribution in [-0.2, 0) is 9.84 Å². The fraction of sp³-hybridized carbons (Fsp3) is 0.400. The Morgan fingerprint density at radius 2 is 1.82 bits per heavy atom. The maximum atomic E-state index is 12.0. The first-order valence-corrected chi connectivity index (χ1v) is 10.0. The van der Waals surface area contributed by atoms with E-state index in [0.717, 1.165) is 43.4 Å². The second-order valence-electron chi connectivity index (χ2n) is 5.38. The van der Waals surface area contributed by atoms with Gasteiger partial charge >= 0.3 is 0 Å². The lowest BCUT2D eigenvalue weighted by molar-refractivity contribution is 0.601. The summed E-state index contributed by atoms with van der Waals surface area (Å²) in [7, 11) is -3.22. The first-order chi connectivity index (χ1) is 10.6. The largest absolute Gasteiger partial charge is 0.369 e. The van der Waals surface area contributed by atoms with E-state index in [-0.39, 0.29) is 0 Å². The van der Waals surface area contributed by atoms with Gasteiger partial charge in [-0.1, -0.05) is 12.1 Å². The Kier molecular flexibility index (Phi) is 4.35. The molecule has 1 aromatic heterocycles. The van der Waals surface area contributed by atoms with Crippen molar-refractivity contribution in [2.75, 3.05) is 42.2 Å². The number of para-hydroxylation sites is 1. The molecule has 1 fully saturated rings. The van der Waals surface area contributed by atoms with Crippen molar-refractivity contribution in [3.05, 3.63) is 35.8 Å². The maximum Gasteiger partial charge on any atom is 0.185 e. The molecule has 0 saturated carbocycles. The predicted molar refractivity (Wildman–Crippen MR) is 90.7 cm³/mol. The van der Waals surface area contributed by atoms with Crippen molar-refractivity contribution < 1.29 is 8.42 Å². The zero-order chi connectivity index (χ0) is 15.6. The standard InChI is InChI=1S/C15H19N3O2S2/c1-22(19,20)14-6-3-2-5-13(14)17-8-4-9-18(11-10-17)15-16-7-12-21-15/h2-3,5-7,12H,4,8-11H2,1H3. The number of thiazole rings is 1. The average molecular weight is 337 g/mol. The summed E-state index contributed by atoms with van der Waals surface area (Å²) >= 11 is 1.64. The highest BCUT2D eigenvalue weighted by Gasteiger charge is 2.21. The summed E-state index contributed by atoms with van der Waals surface area (Å²) in [5, 5.41) is 3.02. The van der Waals surface area contributed by atoms with Crippen LogP contribution in [0.3, 0.4) is 0 Å². The number of rotatable bonds is 3. The molecule has 0 N–H and O–H groups in total. The fourth-order valence-electron chi connectivity index (χ4n) is 2.75. The quantitative estimate of drug-likeness (QED) is 0.860. The van der Waals surface area contributed by atoms with E-state index in [4.69, 9.17) is 0 Å². The molecule has 0 radical (unpaired) electrons. The van der Waals surface area contributed by atoms with E-state index in [1.807, 2.05) is 23.7 Å². The number of nitrogens with zero attached hydrogens (tertiary/aromatic N) is 3. The second-order valence-corrected chi connectivity index (χ2v) is 8.24. The Labute approximate surface area is 135 Å². The molecule has 7 heteroatoms. The molecule has 118 valence electrons. The molecule has 0 unspecified atom stereocenters. The summed E-state index contributed by atoms with van der Waals surface area (Å²) in [6, 6.07) is 7.26. The van der Waals surface area contributed by atoms with Crippen molar-refractivity contribution in [2.45, 2.75) is 11.3 Å². The molecule has 5 nitrogen and oxygen atoms in total. The summed E-state index contributed by atoms with van der Waals surface area (Å²) < 4.78 is 24.0. The number of benzene rings is 1. The minimum absolute atomic E-state index is 0.415. The minimum atomic E-state index is -3.22. The van der Waals surface area contributed by atoms with Crippen molar-refractivity contribution in [2.24, 2.45) is 0 Å². The number of hydrogen-bond donors (Lipinski definition) is 0. The zero-order valence-corrected chi connectivity index (χ0v) is 14.1. The van der Waals surface area contributed by atoms with Gasteiger partial charge in [-0.3, -0.25) is 0 Å². The summed E-state index contributed by atoms with van der Waals surface area (Å²) in [5.74, 6) is 0. The molecule has 0 spiro atoms. The van der Waals surface area contributed by atoms with E-state index in [1.54, 1.807) is 23.5 Å². The van der Waals surface area contributed by atoms with E-state index < -0.39 is 9.84 Å². The van der Waals surface area contributed by atoms with Crippen LogP contribution in [0.2, 0.25) is 0 Å². The van der Waals surface area contributed by atoms with Gasteiger partial charge in [-0.05, 0) is 18.6 Å². The van der Waals surface area contributed by atoms with Gasteiger partial charge in [0, 0.05) is 44.0 Å². The summed E-state index contributed by atoms with van der Waals surface area (Å²) in [6.45, 7) is 3.46. The first kappa shape index (κ1) is 15.3. The van der Waals surface area contributed by atoms with E-state index in [1.165, 1.54) is 6.26 Å². The maximum absolute atomic E-state index is 12.0. The zero-order valence-electron chi connectivity index (χ0n) is 12.5. The minimum Gasteiger partial charge on any atom is -0.369 e. The molecule has 3 rings (SSSR count). The lowest BCUT2D eigenvalue weighted by atomic mass is 10.2. The monoisotopic (exact) mass is 337 g/mol. The third-order valence-electron chi connectivity index (χ3n) is 3.79. The molecule has 0 aliphatic carbocycles. The molecule has 1 aliphatic heterocycles. The third-order valence-corrected chi connectivity index (χ3v) is 5.77. The van der Waals surface area contributed by atoms with Crippen molar-refractivity contribution in [1.29, 1.82) is 0 Å². The SMILES string of the molecule is CS(=O)(=O)c1ccccc1N1CCCN(c2nccs2)CC1. The molecule has 1 aliphatic rings. The molecule has 1 aromatic carbocycles. The predicted octanol–water partition coefficient (Wildman–Crippen LogP) is 2.26. The van der Waals surface area contributed by atoms with Crippen molar-refractivity contribution in [3.63, 3.8) is 0 Å². The lowest BCUT2D eigenvalue weighted by Gasteiger charge is -2.25. The van der Waals surface area contributed by atoms with Crippen LogP contribution in [0.25, 0.3) is 0 Å². The number of hydrogen-bond acceptors (Lipinski definition) is 6. The van der Waals surface area contributed by atoms with Crippen LogP contribution in [0.5, 0.6) is 0 Å². The number of aromatic nitrogens is 1. The highest BCUT2D eigenvalue weighted by molar-refractivity contribution is 7.90. The highest BCUT2D eigenvalue weighted by atomic mass is 32.2. The second kappa shape index (κ2) is 6.26. The normalized spacial score (nSPS) is 16.6. The molecule has 2 heterocycles. The van der Waals surface area contributed by atoms with Gasteiger partial charge in [0.2, 0.25) is 0 Å². The Bertz CT molecular complexity index is 729. The van der Waals surface area contributed by atoms with Crippen LogP contribution in [0.4, 0.5) is 10.8 Å². The van der Waals surface area contributed by atoms with Gasteiger partial charge in [0.25, 0.3) is 0 Å². The van der Waals surface area contributed by atoms with Gasteiger partial charge in [-0.25, -0.2) is 13.4 Å². The Morgan fingerprint density at radius 1 is 1.09 bits per heavy atom. The van der Waals surface area contributed by atoms with Crippen LogP contribution in [0, 0.1) is 0 Å². The van der Waals surface area contributed by atoms with Crippen LogP contribution < -0.4 is 9.80 Å². The van der Waals surface area contributed by atoms with Gasteiger partial charge in [0.15, 0.2) is 15.0 Å². The van der Waals surface area contributed by atoms with Crippen molar-refractivity contribution in [3.8, 4) is 0 Å². The van der Waals surface area contributed by atoms with Crippen LogP contribution in [-0.4, -0.2) is 45.8 Å². The van der Waals surface area contributed by atoms with Gasteiger partial charge in [-0.2, -0.15) is 0 Å². The first-order valence-electron chi connectivity index (χ1n) is 7.24. The summed E-state index contributed by atoms with van der Waals surface area (Å²) in [6.07, 6.45) is 4.07. The average Bonchev–Trinajstić information content (AvgIpc) is 2.91. The number of sulfone groups is 1. The molecule has 0 atom stereocenters. The fourth-order valence-corrected chi connectivity index (χ4v) is 4.35. The third kappa shape index (κ3) is 3.25. The van der Waals surface area contributed by atoms with Gasteiger partial charge in [0.1, 0.15) is 0 Å². The molecule has 22 heavy (non-hydrogen) atoms. The van der Waals surface area contributed by atoms with E-state index in [0.29, 0.717) is 4.90 Å². The van der Waals surface area contributed by atoms with E-state index >= 15 is 0 Å². The molecule has 1 saturated heterocycles. The number of anilines is 2. The molecular weight excluding hydrogens is 318 g/mol. The van der Waals surface area contributed by atoms with Crippen LogP contribution in [0.15, 0.2) is 40.7 Å². The highest BCUT2D eigenvalue weighted by Crippen LogP contribution is 2.27. The topological polar surface area (TPSA) is 53.5 Å². The van der Waals surface area contributed by atoms with Crippen molar-refractivity contribution in [1.82, 2.24) is 4.98 Å². The van der Waals surface area contributed by atoms with E-state index in [2.05, 4.69) is 14.8 Å². The lowest BCUT2D eigenvalue weighted by Crippen LogP contribution is -2.31. The smallest absolute Gasteiger partial charge is 0.185 e. The summed E-state index contributed by atoms with van der Waals surface area (Å²) in [5.41, 5.74) is 0.811. The van der Waals surface area contributed by atoms with Crippen LogP contribution in [0.1, 0.15) is 6.42 Å². The van der Waals surface area contributed by atoms with Gasteiger partial charge in [-0.15, -0.1) is 11.3 Å². The van der Waals surface area contributed by atoms with Gasteiger partial charge < -0.3 is 9.80 Å². The molecule has 2 aromatic rings. The molecular formula is C15H19N3O2S2. The molecule has 0 amide bonds. The summed E-state index contributed by atoms with van der Waals surface area (Å²) in [4.78, 5) is 9.22. The van der Waals surface area contributed by atoms with Crippen molar-refractivity contribution >= 4 is 32.0 Å². The van der Waals surface area contributed by atoms with E-state index in [9.17, 15) is 8.42 Å². The molecule has 0 bridgehead atoms. The van der Waals surface area contributed by atoms with Gasteiger partial charge in [0.05, 0.1) is 10.6 Å².